The van der Waals surface area contributed by atoms with E-state index in [1.54, 1.807) is 19.1 Å². The number of nitrogens with one attached hydrogen (secondary N) is 3. The van der Waals surface area contributed by atoms with Gasteiger partial charge < -0.3 is 15.6 Å². The van der Waals surface area contributed by atoms with E-state index in [2.05, 4.69) is 15.6 Å². The second-order valence-corrected chi connectivity index (χ2v) is 7.10. The lowest BCUT2D eigenvalue weighted by atomic mass is 10.0. The van der Waals surface area contributed by atoms with Crippen LogP contribution < -0.4 is 10.6 Å². The van der Waals surface area contributed by atoms with Gasteiger partial charge in [-0.05, 0) is 57.9 Å². The normalized spacial score (nSPS) is 10.8. The maximum atomic E-state index is 12.9. The van der Waals surface area contributed by atoms with Gasteiger partial charge in [-0.1, -0.05) is 18.5 Å². The predicted octanol–water partition coefficient (Wildman–Crippen LogP) is 4.13. The number of ketones is 1. The van der Waals surface area contributed by atoms with E-state index >= 15 is 0 Å². The van der Waals surface area contributed by atoms with Crippen molar-refractivity contribution in [1.82, 2.24) is 10.3 Å². The molecule has 0 atom stereocenters. The fourth-order valence-corrected chi connectivity index (χ4v) is 3.22. The van der Waals surface area contributed by atoms with Gasteiger partial charge in [-0.3, -0.25) is 14.4 Å². The third kappa shape index (κ3) is 4.57. The number of Topliss-reactive ketones (excluding diaryl/α,β-unsaturated/α-hetero) is 1. The number of benzene rings is 1. The highest BCUT2D eigenvalue weighted by molar-refractivity contribution is 6.31. The van der Waals surface area contributed by atoms with Crippen molar-refractivity contribution in [1.29, 1.82) is 0 Å². The summed E-state index contributed by atoms with van der Waals surface area (Å²) in [4.78, 5) is 40.2. The van der Waals surface area contributed by atoms with E-state index in [1.807, 2.05) is 20.8 Å². The zero-order valence-electron chi connectivity index (χ0n) is 16.1. The molecule has 2 rings (SSSR count). The summed E-state index contributed by atoms with van der Waals surface area (Å²) >= 11 is 6.05. The van der Waals surface area contributed by atoms with Crippen molar-refractivity contribution in [2.75, 3.05) is 5.32 Å². The molecule has 0 aliphatic carbocycles. The van der Waals surface area contributed by atoms with Gasteiger partial charge in [0.2, 0.25) is 0 Å². The Morgan fingerprint density at radius 3 is 2.41 bits per heavy atom. The molecule has 0 saturated carbocycles. The van der Waals surface area contributed by atoms with Crippen LogP contribution in [0.4, 0.5) is 5.69 Å². The number of aryl methyl sites for hydroxylation is 1. The molecular weight excluding hydrogens is 366 g/mol. The number of amides is 2. The number of carbonyl (C=O) groups is 3. The minimum absolute atomic E-state index is 0.0485. The van der Waals surface area contributed by atoms with Crippen molar-refractivity contribution in [3.8, 4) is 0 Å². The van der Waals surface area contributed by atoms with Crippen molar-refractivity contribution in [2.45, 2.75) is 47.1 Å². The predicted molar refractivity (Wildman–Crippen MR) is 107 cm³/mol. The van der Waals surface area contributed by atoms with Crippen molar-refractivity contribution >= 4 is 34.9 Å². The largest absolute Gasteiger partial charge is 0.354 e. The maximum Gasteiger partial charge on any atom is 0.272 e. The fraction of sp³-hybridized carbons (Fsp3) is 0.350. The topological polar surface area (TPSA) is 91.1 Å². The van der Waals surface area contributed by atoms with Gasteiger partial charge in [-0.15, -0.1) is 0 Å². The lowest BCUT2D eigenvalue weighted by Gasteiger charge is -2.14. The Labute approximate surface area is 163 Å². The van der Waals surface area contributed by atoms with E-state index in [-0.39, 0.29) is 17.7 Å². The molecule has 0 spiro atoms. The Hall–Kier alpha value is -2.60. The van der Waals surface area contributed by atoms with Crippen LogP contribution in [0.25, 0.3) is 0 Å². The average Bonchev–Trinajstić information content (AvgIpc) is 2.90. The minimum atomic E-state index is -0.427. The van der Waals surface area contributed by atoms with Gasteiger partial charge in [0.25, 0.3) is 11.8 Å². The van der Waals surface area contributed by atoms with Gasteiger partial charge in [0, 0.05) is 22.3 Å². The second-order valence-electron chi connectivity index (χ2n) is 6.66. The summed E-state index contributed by atoms with van der Waals surface area (Å²) in [5.41, 5.74) is 2.78. The fourth-order valence-electron chi connectivity index (χ4n) is 3.04. The van der Waals surface area contributed by atoms with Crippen LogP contribution in [0, 0.1) is 6.92 Å². The van der Waals surface area contributed by atoms with Crippen LogP contribution in [0.3, 0.4) is 0 Å². The first-order valence-electron chi connectivity index (χ1n) is 8.79. The van der Waals surface area contributed by atoms with Crippen molar-refractivity contribution in [3.63, 3.8) is 0 Å². The molecule has 0 radical (unpaired) electrons. The smallest absolute Gasteiger partial charge is 0.272 e. The molecule has 1 heterocycles. The Kier molecular flexibility index (Phi) is 6.44. The zero-order chi connectivity index (χ0) is 20.3. The van der Waals surface area contributed by atoms with E-state index in [4.69, 9.17) is 11.6 Å². The summed E-state index contributed by atoms with van der Waals surface area (Å²) in [5, 5.41) is 5.94. The molecule has 27 heavy (non-hydrogen) atoms. The van der Waals surface area contributed by atoms with E-state index in [0.29, 0.717) is 45.2 Å². The molecule has 0 fully saturated rings. The highest BCUT2D eigenvalue weighted by Gasteiger charge is 2.23. The van der Waals surface area contributed by atoms with Gasteiger partial charge in [0.1, 0.15) is 5.69 Å². The molecule has 3 N–H and O–H groups in total. The van der Waals surface area contributed by atoms with Gasteiger partial charge in [0.05, 0.1) is 11.3 Å². The molecular formula is C20H24ClN3O3. The number of hydrogen-bond donors (Lipinski definition) is 3. The summed E-state index contributed by atoms with van der Waals surface area (Å²) in [7, 11) is 0. The molecule has 7 heteroatoms. The third-order valence-electron chi connectivity index (χ3n) is 4.12. The lowest BCUT2D eigenvalue weighted by Crippen LogP contribution is -2.31. The van der Waals surface area contributed by atoms with Crippen LogP contribution in [-0.2, 0) is 6.42 Å². The number of halogens is 1. The molecule has 0 unspecified atom stereocenters. The van der Waals surface area contributed by atoms with E-state index < -0.39 is 5.91 Å². The first kappa shape index (κ1) is 20.7. The standard InChI is InChI=1S/C20H24ClN3O3/c1-6-14-17(12(5)25)11(4)23-18(14)20(27)24-16-9-13(21)7-8-15(16)19(26)22-10(2)3/h7-10,23H,6H2,1-5H3,(H,22,26)(H,24,27). The highest BCUT2D eigenvalue weighted by atomic mass is 35.5. The van der Waals surface area contributed by atoms with Gasteiger partial charge in [-0.2, -0.15) is 0 Å². The van der Waals surface area contributed by atoms with Crippen LogP contribution in [0.15, 0.2) is 18.2 Å². The molecule has 2 amide bonds. The SMILES string of the molecule is CCc1c(C(=O)Nc2cc(Cl)ccc2C(=O)NC(C)C)[nH]c(C)c1C(C)=O. The quantitative estimate of drug-likeness (QED) is 0.648. The van der Waals surface area contributed by atoms with E-state index in [1.165, 1.54) is 13.0 Å². The minimum Gasteiger partial charge on any atom is -0.354 e. The summed E-state index contributed by atoms with van der Waals surface area (Å²) in [5.74, 6) is -0.831. The maximum absolute atomic E-state index is 12.9. The summed E-state index contributed by atoms with van der Waals surface area (Å²) in [6.07, 6.45) is 0.526. The summed E-state index contributed by atoms with van der Waals surface area (Å²) in [6.45, 7) is 8.82. The molecule has 0 bridgehead atoms. The molecule has 0 aliphatic heterocycles. The molecule has 6 nitrogen and oxygen atoms in total. The third-order valence-corrected chi connectivity index (χ3v) is 4.35. The number of aromatic nitrogens is 1. The van der Waals surface area contributed by atoms with Gasteiger partial charge >= 0.3 is 0 Å². The van der Waals surface area contributed by atoms with Crippen molar-refractivity contribution in [2.24, 2.45) is 0 Å². The number of carbonyl (C=O) groups excluding carboxylic acids is 3. The van der Waals surface area contributed by atoms with Crippen LogP contribution in [0.2, 0.25) is 5.02 Å². The Morgan fingerprint density at radius 2 is 1.85 bits per heavy atom. The number of anilines is 1. The van der Waals surface area contributed by atoms with Crippen LogP contribution in [0.1, 0.15) is 70.2 Å². The van der Waals surface area contributed by atoms with Crippen LogP contribution in [0.5, 0.6) is 0 Å². The van der Waals surface area contributed by atoms with Crippen molar-refractivity contribution in [3.05, 3.63) is 51.3 Å². The zero-order valence-corrected chi connectivity index (χ0v) is 16.9. The van der Waals surface area contributed by atoms with Gasteiger partial charge in [0.15, 0.2) is 5.78 Å². The van der Waals surface area contributed by atoms with Gasteiger partial charge in [-0.25, -0.2) is 0 Å². The van der Waals surface area contributed by atoms with Crippen molar-refractivity contribution < 1.29 is 14.4 Å². The Balaban J connectivity index is 2.42. The van der Waals surface area contributed by atoms with Crippen LogP contribution >= 0.6 is 11.6 Å². The van der Waals surface area contributed by atoms with Crippen LogP contribution in [-0.4, -0.2) is 28.6 Å². The molecule has 144 valence electrons. The Bertz CT molecular complexity index is 900. The number of aromatic amines is 1. The number of hydrogen-bond acceptors (Lipinski definition) is 3. The number of H-pyrrole nitrogens is 1. The monoisotopic (exact) mass is 389 g/mol. The van der Waals surface area contributed by atoms with E-state index in [9.17, 15) is 14.4 Å². The first-order valence-corrected chi connectivity index (χ1v) is 9.17. The first-order chi connectivity index (χ1) is 12.6. The van der Waals surface area contributed by atoms with E-state index in [0.717, 1.165) is 0 Å². The lowest BCUT2D eigenvalue weighted by molar-refractivity contribution is 0.0943. The Morgan fingerprint density at radius 1 is 1.19 bits per heavy atom. The summed E-state index contributed by atoms with van der Waals surface area (Å²) < 4.78 is 0. The highest BCUT2D eigenvalue weighted by Crippen LogP contribution is 2.25. The summed E-state index contributed by atoms with van der Waals surface area (Å²) in [6, 6.07) is 4.64. The molecule has 1 aromatic carbocycles. The molecule has 0 saturated heterocycles. The number of rotatable bonds is 6. The average molecular weight is 390 g/mol. The second kappa shape index (κ2) is 8.39. The molecule has 0 aliphatic rings. The molecule has 1 aromatic heterocycles. The molecule has 2 aromatic rings.